The average molecular weight is 258 g/mol. The molecule has 0 atom stereocenters. The second-order valence-corrected chi connectivity index (χ2v) is 4.05. The van der Waals surface area contributed by atoms with Crippen LogP contribution in [0.1, 0.15) is 15.9 Å². The standard InChI is InChI=1S/C13H14N4O2/c14-8-3-1-2-7(4-8)13(18)9-5-10(15)11(16)6-12(9)19-17/h1-6H,14-17H2. The third kappa shape index (κ3) is 2.43. The lowest BCUT2D eigenvalue weighted by Crippen LogP contribution is -2.11. The highest BCUT2D eigenvalue weighted by Gasteiger charge is 2.17. The maximum absolute atomic E-state index is 12.4. The molecule has 0 aliphatic rings. The van der Waals surface area contributed by atoms with Gasteiger partial charge in [0.25, 0.3) is 0 Å². The van der Waals surface area contributed by atoms with Gasteiger partial charge in [-0.15, -0.1) is 0 Å². The predicted molar refractivity (Wildman–Crippen MR) is 74.4 cm³/mol. The Bertz CT molecular complexity index is 641. The van der Waals surface area contributed by atoms with E-state index in [9.17, 15) is 4.79 Å². The molecule has 0 unspecified atom stereocenters. The van der Waals surface area contributed by atoms with Crippen molar-refractivity contribution in [3.8, 4) is 5.75 Å². The zero-order valence-corrected chi connectivity index (χ0v) is 10.1. The number of benzene rings is 2. The van der Waals surface area contributed by atoms with Gasteiger partial charge in [0.05, 0.1) is 16.9 Å². The van der Waals surface area contributed by atoms with Crippen LogP contribution in [0.5, 0.6) is 5.75 Å². The van der Waals surface area contributed by atoms with Crippen LogP contribution in [0.4, 0.5) is 17.1 Å². The SMILES string of the molecule is NOc1cc(N)c(N)cc1C(=O)c1cccc(N)c1. The number of hydrogen-bond acceptors (Lipinski definition) is 6. The topological polar surface area (TPSA) is 130 Å². The summed E-state index contributed by atoms with van der Waals surface area (Å²) in [6.07, 6.45) is 0. The first-order chi connectivity index (χ1) is 9.02. The fraction of sp³-hybridized carbons (Fsp3) is 0. The number of ketones is 1. The summed E-state index contributed by atoms with van der Waals surface area (Å²) >= 11 is 0. The maximum Gasteiger partial charge on any atom is 0.197 e. The monoisotopic (exact) mass is 258 g/mol. The van der Waals surface area contributed by atoms with Crippen molar-refractivity contribution in [2.75, 3.05) is 17.2 Å². The molecule has 0 heterocycles. The largest absolute Gasteiger partial charge is 0.411 e. The number of rotatable bonds is 3. The molecule has 8 N–H and O–H groups in total. The third-order valence-corrected chi connectivity index (χ3v) is 2.71. The molecule has 0 aliphatic carbocycles. The Hall–Kier alpha value is -2.73. The summed E-state index contributed by atoms with van der Waals surface area (Å²) < 4.78 is 0. The lowest BCUT2D eigenvalue weighted by atomic mass is 10.0. The van der Waals surface area contributed by atoms with Crippen LogP contribution in [0.25, 0.3) is 0 Å². The van der Waals surface area contributed by atoms with Crippen molar-refractivity contribution in [1.29, 1.82) is 0 Å². The van der Waals surface area contributed by atoms with Gasteiger partial charge in [0.1, 0.15) is 0 Å². The first-order valence-electron chi connectivity index (χ1n) is 5.49. The number of nitrogens with two attached hydrogens (primary N) is 4. The molecule has 19 heavy (non-hydrogen) atoms. The number of carbonyl (C=O) groups is 1. The van der Waals surface area contributed by atoms with E-state index in [4.69, 9.17) is 23.1 Å². The Kier molecular flexibility index (Phi) is 3.26. The third-order valence-electron chi connectivity index (χ3n) is 2.71. The first-order valence-corrected chi connectivity index (χ1v) is 5.49. The molecule has 0 saturated carbocycles. The molecule has 2 rings (SSSR count). The number of anilines is 3. The van der Waals surface area contributed by atoms with Crippen LogP contribution in [0, 0.1) is 0 Å². The second kappa shape index (κ2) is 4.87. The molecule has 0 aromatic heterocycles. The Balaban J connectivity index is 2.52. The summed E-state index contributed by atoms with van der Waals surface area (Å²) in [7, 11) is 0. The van der Waals surface area contributed by atoms with E-state index in [1.807, 2.05) is 0 Å². The van der Waals surface area contributed by atoms with E-state index >= 15 is 0 Å². The van der Waals surface area contributed by atoms with Gasteiger partial charge in [0.15, 0.2) is 11.5 Å². The van der Waals surface area contributed by atoms with E-state index in [0.717, 1.165) is 0 Å². The molecule has 2 aromatic carbocycles. The molecule has 0 spiro atoms. The summed E-state index contributed by atoms with van der Waals surface area (Å²) in [6, 6.07) is 9.43. The smallest absolute Gasteiger partial charge is 0.197 e. The molecule has 0 amide bonds. The highest BCUT2D eigenvalue weighted by molar-refractivity contribution is 6.12. The predicted octanol–water partition coefficient (Wildman–Crippen LogP) is 0.917. The Morgan fingerprint density at radius 3 is 2.32 bits per heavy atom. The fourth-order valence-electron chi connectivity index (χ4n) is 1.72. The van der Waals surface area contributed by atoms with Gasteiger partial charge in [-0.1, -0.05) is 12.1 Å². The summed E-state index contributed by atoms with van der Waals surface area (Å²) in [5.41, 5.74) is 18.7. The van der Waals surface area contributed by atoms with Crippen LogP contribution < -0.4 is 27.9 Å². The number of nitrogen functional groups attached to an aromatic ring is 3. The molecule has 0 radical (unpaired) electrons. The summed E-state index contributed by atoms with van der Waals surface area (Å²) in [5.74, 6) is 5.02. The fourth-order valence-corrected chi connectivity index (χ4v) is 1.72. The summed E-state index contributed by atoms with van der Waals surface area (Å²) in [6.45, 7) is 0. The summed E-state index contributed by atoms with van der Waals surface area (Å²) in [4.78, 5) is 17.0. The van der Waals surface area contributed by atoms with E-state index in [1.165, 1.54) is 12.1 Å². The minimum atomic E-state index is -0.292. The van der Waals surface area contributed by atoms with Crippen LogP contribution in [0.15, 0.2) is 36.4 Å². The average Bonchev–Trinajstić information content (AvgIpc) is 2.40. The highest BCUT2D eigenvalue weighted by atomic mass is 16.6. The van der Waals surface area contributed by atoms with Gasteiger partial charge in [0.2, 0.25) is 0 Å². The summed E-state index contributed by atoms with van der Waals surface area (Å²) in [5, 5.41) is 0. The molecule has 0 bridgehead atoms. The Morgan fingerprint density at radius 2 is 1.68 bits per heavy atom. The van der Waals surface area contributed by atoms with Crippen LogP contribution >= 0.6 is 0 Å². The molecule has 0 fully saturated rings. The van der Waals surface area contributed by atoms with Crippen LogP contribution in [0.2, 0.25) is 0 Å². The first kappa shape index (κ1) is 12.7. The van der Waals surface area contributed by atoms with Gasteiger partial charge < -0.3 is 22.0 Å². The van der Waals surface area contributed by atoms with Crippen molar-refractivity contribution in [2.45, 2.75) is 0 Å². The molecule has 0 saturated heterocycles. The quantitative estimate of drug-likeness (QED) is 0.368. The molecular weight excluding hydrogens is 244 g/mol. The number of carbonyl (C=O) groups excluding carboxylic acids is 1. The Morgan fingerprint density at radius 1 is 1.00 bits per heavy atom. The zero-order chi connectivity index (χ0) is 14.0. The lowest BCUT2D eigenvalue weighted by molar-refractivity contribution is 0.103. The molecular formula is C13H14N4O2. The van der Waals surface area contributed by atoms with Crippen molar-refractivity contribution in [3.05, 3.63) is 47.5 Å². The molecule has 6 heteroatoms. The zero-order valence-electron chi connectivity index (χ0n) is 10.1. The maximum atomic E-state index is 12.4. The highest BCUT2D eigenvalue weighted by Crippen LogP contribution is 2.28. The molecule has 6 nitrogen and oxygen atoms in total. The van der Waals surface area contributed by atoms with Crippen LogP contribution in [-0.2, 0) is 0 Å². The van der Waals surface area contributed by atoms with Crippen molar-refractivity contribution < 1.29 is 9.63 Å². The van der Waals surface area contributed by atoms with Crippen LogP contribution in [0.3, 0.4) is 0 Å². The van der Waals surface area contributed by atoms with Crippen molar-refractivity contribution in [1.82, 2.24) is 0 Å². The number of hydrogen-bond donors (Lipinski definition) is 4. The molecule has 0 aliphatic heterocycles. The van der Waals surface area contributed by atoms with E-state index in [-0.39, 0.29) is 22.8 Å². The molecule has 2 aromatic rings. The normalized spacial score (nSPS) is 10.2. The second-order valence-electron chi connectivity index (χ2n) is 4.05. The Labute approximate surface area is 109 Å². The van der Waals surface area contributed by atoms with Gasteiger partial charge in [-0.2, -0.15) is 5.90 Å². The van der Waals surface area contributed by atoms with E-state index in [0.29, 0.717) is 16.9 Å². The van der Waals surface area contributed by atoms with E-state index < -0.39 is 0 Å². The van der Waals surface area contributed by atoms with Gasteiger partial charge >= 0.3 is 0 Å². The van der Waals surface area contributed by atoms with Gasteiger partial charge in [-0.25, -0.2) is 0 Å². The van der Waals surface area contributed by atoms with Crippen molar-refractivity contribution >= 4 is 22.8 Å². The minimum Gasteiger partial charge on any atom is -0.411 e. The lowest BCUT2D eigenvalue weighted by Gasteiger charge is -2.10. The van der Waals surface area contributed by atoms with E-state index in [2.05, 4.69) is 4.84 Å². The van der Waals surface area contributed by atoms with Crippen molar-refractivity contribution in [2.24, 2.45) is 5.90 Å². The van der Waals surface area contributed by atoms with Gasteiger partial charge in [0, 0.05) is 17.3 Å². The molecule has 98 valence electrons. The minimum absolute atomic E-state index is 0.166. The van der Waals surface area contributed by atoms with Gasteiger partial charge in [-0.3, -0.25) is 4.79 Å². The van der Waals surface area contributed by atoms with E-state index in [1.54, 1.807) is 24.3 Å². The van der Waals surface area contributed by atoms with Crippen molar-refractivity contribution in [3.63, 3.8) is 0 Å². The van der Waals surface area contributed by atoms with Gasteiger partial charge in [-0.05, 0) is 18.2 Å². The van der Waals surface area contributed by atoms with Crippen LogP contribution in [-0.4, -0.2) is 5.78 Å².